The fourth-order valence-electron chi connectivity index (χ4n) is 5.92. The minimum atomic E-state index is -4.56. The number of aromatic nitrogens is 2. The van der Waals surface area contributed by atoms with Crippen molar-refractivity contribution in [1.29, 1.82) is 0 Å². The van der Waals surface area contributed by atoms with Crippen LogP contribution in [0.15, 0.2) is 36.4 Å². The lowest BCUT2D eigenvalue weighted by Crippen LogP contribution is -2.35. The van der Waals surface area contributed by atoms with E-state index in [2.05, 4.69) is 9.97 Å². The van der Waals surface area contributed by atoms with Crippen LogP contribution in [0.2, 0.25) is 0 Å². The Kier molecular flexibility index (Phi) is 6.53. The summed E-state index contributed by atoms with van der Waals surface area (Å²) in [5.74, 6) is -2.71. The molecule has 222 valence electrons. The number of H-pyrrole nitrogens is 2. The van der Waals surface area contributed by atoms with Gasteiger partial charge in [0.15, 0.2) is 0 Å². The molecule has 2 aliphatic carbocycles. The van der Waals surface area contributed by atoms with Gasteiger partial charge in [-0.05, 0) is 60.4 Å². The molecule has 4 unspecified atom stereocenters. The second-order valence-corrected chi connectivity index (χ2v) is 10.7. The maximum absolute atomic E-state index is 13.3. The van der Waals surface area contributed by atoms with Gasteiger partial charge < -0.3 is 30.9 Å². The fourth-order valence-corrected chi connectivity index (χ4v) is 5.92. The second kappa shape index (κ2) is 9.76. The second-order valence-electron chi connectivity index (χ2n) is 10.7. The van der Waals surface area contributed by atoms with Crippen LogP contribution in [0.5, 0.6) is 0 Å². The van der Waals surface area contributed by atoms with Crippen molar-refractivity contribution in [2.24, 2.45) is 11.5 Å². The Balaban J connectivity index is 1.24. The average molecular weight is 595 g/mol. The highest BCUT2D eigenvalue weighted by Crippen LogP contribution is 2.41. The molecule has 2 heterocycles. The molecule has 0 saturated heterocycles. The van der Waals surface area contributed by atoms with E-state index in [1.807, 2.05) is 0 Å². The Bertz CT molecular complexity index is 1600. The van der Waals surface area contributed by atoms with E-state index in [1.165, 1.54) is 12.1 Å². The smallest absolute Gasteiger partial charge is 0.418 e. The zero-order valence-corrected chi connectivity index (χ0v) is 21.7. The summed E-state index contributed by atoms with van der Waals surface area (Å²) in [5, 5.41) is 0.574. The number of alkyl halides is 6. The molecule has 6 rings (SSSR count). The number of nitrogens with two attached hydrogens (primary N) is 2. The summed E-state index contributed by atoms with van der Waals surface area (Å²) in [6.45, 7) is 0. The number of ether oxygens (including phenoxy) is 2. The van der Waals surface area contributed by atoms with E-state index in [4.69, 9.17) is 20.9 Å². The molecule has 0 amide bonds. The van der Waals surface area contributed by atoms with Crippen LogP contribution in [0.1, 0.15) is 58.7 Å². The molecule has 2 aromatic carbocycles. The number of carbonyl (C=O) groups excluding carboxylic acids is 2. The molecule has 0 bridgehead atoms. The van der Waals surface area contributed by atoms with Crippen LogP contribution < -0.4 is 11.5 Å². The Morgan fingerprint density at radius 2 is 1.07 bits per heavy atom. The molecule has 14 heteroatoms. The lowest BCUT2D eigenvalue weighted by atomic mass is 9.89. The molecule has 0 radical (unpaired) electrons. The summed E-state index contributed by atoms with van der Waals surface area (Å²) >= 11 is 0. The fraction of sp³-hybridized carbons (Fsp3) is 0.357. The van der Waals surface area contributed by atoms with Gasteiger partial charge in [0.1, 0.15) is 12.2 Å². The first-order chi connectivity index (χ1) is 19.7. The highest BCUT2D eigenvalue weighted by atomic mass is 19.4. The van der Waals surface area contributed by atoms with Crippen molar-refractivity contribution in [3.8, 4) is 0 Å². The minimum absolute atomic E-state index is 0.104. The maximum atomic E-state index is 13.3. The number of halogens is 6. The maximum Gasteiger partial charge on any atom is 0.418 e. The first-order valence-electron chi connectivity index (χ1n) is 13.0. The van der Waals surface area contributed by atoms with E-state index < -0.39 is 59.7 Å². The number of carbonyl (C=O) groups is 2. The van der Waals surface area contributed by atoms with Crippen LogP contribution >= 0.6 is 0 Å². The zero-order valence-electron chi connectivity index (χ0n) is 21.7. The molecule has 4 atom stereocenters. The van der Waals surface area contributed by atoms with Crippen molar-refractivity contribution in [2.75, 3.05) is 0 Å². The number of fused-ring (bicyclic) bond motifs is 6. The molecule has 4 aromatic rings. The van der Waals surface area contributed by atoms with Gasteiger partial charge in [-0.2, -0.15) is 26.3 Å². The van der Waals surface area contributed by atoms with Crippen LogP contribution in [-0.2, 0) is 44.3 Å². The van der Waals surface area contributed by atoms with Crippen molar-refractivity contribution < 1.29 is 45.4 Å². The third kappa shape index (κ3) is 4.98. The molecular weight excluding hydrogens is 570 g/mol. The Hall–Kier alpha value is -4.04. The molecule has 2 aliphatic rings. The van der Waals surface area contributed by atoms with E-state index in [1.54, 1.807) is 0 Å². The number of nitrogens with one attached hydrogen (secondary N) is 2. The van der Waals surface area contributed by atoms with Crippen LogP contribution in [0.3, 0.4) is 0 Å². The summed E-state index contributed by atoms with van der Waals surface area (Å²) < 4.78 is 90.6. The third-order valence-electron chi connectivity index (χ3n) is 7.81. The average Bonchev–Trinajstić information content (AvgIpc) is 3.45. The van der Waals surface area contributed by atoms with Crippen molar-refractivity contribution in [1.82, 2.24) is 9.97 Å². The van der Waals surface area contributed by atoms with Gasteiger partial charge >= 0.3 is 24.3 Å². The number of rotatable bonds is 2. The van der Waals surface area contributed by atoms with Gasteiger partial charge in [0.05, 0.1) is 22.5 Å². The molecule has 6 N–H and O–H groups in total. The molecule has 0 fully saturated rings. The van der Waals surface area contributed by atoms with Gasteiger partial charge in [0, 0.05) is 46.7 Å². The lowest BCUT2D eigenvalue weighted by Gasteiger charge is -2.28. The molecule has 0 spiro atoms. The van der Waals surface area contributed by atoms with Crippen LogP contribution in [0.25, 0.3) is 21.8 Å². The highest BCUT2D eigenvalue weighted by molar-refractivity contribution is 6.29. The largest absolute Gasteiger partial charge is 0.447 e. The summed E-state index contributed by atoms with van der Waals surface area (Å²) in [5.41, 5.74) is 12.9. The summed E-state index contributed by atoms with van der Waals surface area (Å²) in [7, 11) is 0. The molecule has 0 saturated carbocycles. The van der Waals surface area contributed by atoms with Gasteiger partial charge in [-0.25, -0.2) is 9.59 Å². The van der Waals surface area contributed by atoms with Crippen LogP contribution in [0.4, 0.5) is 26.3 Å². The number of hydrogen-bond acceptors (Lipinski definition) is 6. The van der Waals surface area contributed by atoms with E-state index in [9.17, 15) is 35.9 Å². The van der Waals surface area contributed by atoms with E-state index >= 15 is 0 Å². The standard InChI is InChI=1S/C28H24F6N4O4/c29-27(30,31)11-1-3-19-15(5-11)17-7-13(35)9-21(23(17)37-19)41-25(39)26(40)42-22-10-14(36)8-18-16-6-12(28(32,33)34)2-4-20(16)38-24(18)22/h1-6,13-14,21-22,37-38H,7-10,35-36H2. The molecular formula is C28H24F6N4O4. The molecule has 2 aromatic heterocycles. The minimum Gasteiger partial charge on any atom is -0.447 e. The van der Waals surface area contributed by atoms with Crippen molar-refractivity contribution >= 4 is 33.7 Å². The third-order valence-corrected chi connectivity index (χ3v) is 7.81. The first kappa shape index (κ1) is 28.1. The Morgan fingerprint density at radius 3 is 1.43 bits per heavy atom. The predicted molar refractivity (Wildman–Crippen MR) is 137 cm³/mol. The molecule has 8 nitrogen and oxygen atoms in total. The van der Waals surface area contributed by atoms with Gasteiger partial charge in [-0.15, -0.1) is 0 Å². The Morgan fingerprint density at radius 1 is 0.690 bits per heavy atom. The quantitative estimate of drug-likeness (QED) is 0.145. The first-order valence-corrected chi connectivity index (χ1v) is 13.0. The number of esters is 2. The number of aromatic amines is 2. The predicted octanol–water partition coefficient (Wildman–Crippen LogP) is 5.10. The molecule has 42 heavy (non-hydrogen) atoms. The van der Waals surface area contributed by atoms with E-state index in [0.717, 1.165) is 24.3 Å². The van der Waals surface area contributed by atoms with Crippen LogP contribution in [0, 0.1) is 0 Å². The van der Waals surface area contributed by atoms with Crippen molar-refractivity contribution in [3.05, 3.63) is 70.0 Å². The van der Waals surface area contributed by atoms with Gasteiger partial charge in [-0.3, -0.25) is 0 Å². The van der Waals surface area contributed by atoms with Crippen molar-refractivity contribution in [2.45, 2.75) is 62.3 Å². The number of benzene rings is 2. The van der Waals surface area contributed by atoms with E-state index in [-0.39, 0.29) is 36.5 Å². The number of hydrogen-bond donors (Lipinski definition) is 4. The topological polar surface area (TPSA) is 136 Å². The SMILES string of the molecule is NC1Cc2c([nH]c3ccc(C(F)(F)F)cc23)C(OC(=O)C(=O)OC2CC(N)Cc3c2[nH]c2ccc(C(F)(F)F)cc32)C1. The summed E-state index contributed by atoms with van der Waals surface area (Å²) in [4.78, 5) is 31.7. The van der Waals surface area contributed by atoms with Gasteiger partial charge in [-0.1, -0.05) is 0 Å². The lowest BCUT2D eigenvalue weighted by molar-refractivity contribution is -0.175. The van der Waals surface area contributed by atoms with Gasteiger partial charge in [0.25, 0.3) is 0 Å². The van der Waals surface area contributed by atoms with E-state index in [0.29, 0.717) is 33.5 Å². The highest BCUT2D eigenvalue weighted by Gasteiger charge is 2.38. The summed E-state index contributed by atoms with van der Waals surface area (Å²) in [6.07, 6.45) is -10.6. The monoisotopic (exact) mass is 594 g/mol. The normalized spacial score (nSPS) is 22.6. The Labute approximate surface area is 233 Å². The molecule has 0 aliphatic heterocycles. The summed E-state index contributed by atoms with van der Waals surface area (Å²) in [6, 6.07) is 5.28. The van der Waals surface area contributed by atoms with Crippen molar-refractivity contribution in [3.63, 3.8) is 0 Å². The van der Waals surface area contributed by atoms with Crippen LogP contribution in [-0.4, -0.2) is 34.0 Å². The van der Waals surface area contributed by atoms with Gasteiger partial charge in [0.2, 0.25) is 0 Å². The zero-order chi connectivity index (χ0) is 30.1.